The minimum absolute atomic E-state index is 0.0755. The highest BCUT2D eigenvalue weighted by Gasteiger charge is 2.08. The molecule has 2 aromatic rings. The SMILES string of the molecule is C=C(C)CSc1nn(CN(C)Cc2ccc(C(=O)NC)cc2)c(=S)s1. The van der Waals surface area contributed by atoms with Crippen LogP contribution in [0.3, 0.4) is 0 Å². The summed E-state index contributed by atoms with van der Waals surface area (Å²) in [4.78, 5) is 13.7. The summed E-state index contributed by atoms with van der Waals surface area (Å²) in [6, 6.07) is 7.61. The van der Waals surface area contributed by atoms with E-state index < -0.39 is 0 Å². The van der Waals surface area contributed by atoms with Gasteiger partial charge in [0.05, 0.1) is 6.67 Å². The summed E-state index contributed by atoms with van der Waals surface area (Å²) in [5, 5.41) is 7.19. The van der Waals surface area contributed by atoms with E-state index in [1.165, 1.54) is 11.3 Å². The Morgan fingerprint density at radius 1 is 1.44 bits per heavy atom. The topological polar surface area (TPSA) is 50.2 Å². The van der Waals surface area contributed by atoms with Gasteiger partial charge in [0.15, 0.2) is 8.29 Å². The number of nitrogens with one attached hydrogen (secondary N) is 1. The van der Waals surface area contributed by atoms with Gasteiger partial charge in [0.1, 0.15) is 0 Å². The molecule has 0 saturated carbocycles. The van der Waals surface area contributed by atoms with Crippen LogP contribution >= 0.6 is 35.3 Å². The third-order valence-corrected chi connectivity index (χ3v) is 5.97. The number of aromatic nitrogens is 2. The zero-order valence-electron chi connectivity index (χ0n) is 14.6. The lowest BCUT2D eigenvalue weighted by Crippen LogP contribution is -2.22. The predicted octanol–water partition coefficient (Wildman–Crippen LogP) is 3.79. The van der Waals surface area contributed by atoms with Crippen molar-refractivity contribution in [3.05, 3.63) is 51.5 Å². The second kappa shape index (κ2) is 9.28. The molecule has 1 heterocycles. The first-order valence-corrected chi connectivity index (χ1v) is 9.94. The van der Waals surface area contributed by atoms with Crippen LogP contribution in [0, 0.1) is 3.95 Å². The molecule has 0 aliphatic rings. The molecule has 0 aliphatic heterocycles. The van der Waals surface area contributed by atoms with Crippen LogP contribution in [0.4, 0.5) is 0 Å². The molecule has 1 N–H and O–H groups in total. The second-order valence-electron chi connectivity index (χ2n) is 5.81. The molecule has 1 amide bonds. The van der Waals surface area contributed by atoms with Crippen LogP contribution in [0.25, 0.3) is 0 Å². The molecule has 1 aromatic carbocycles. The maximum atomic E-state index is 11.6. The first-order chi connectivity index (χ1) is 11.9. The minimum atomic E-state index is -0.0755. The van der Waals surface area contributed by atoms with Crippen molar-refractivity contribution in [1.29, 1.82) is 0 Å². The molecule has 134 valence electrons. The van der Waals surface area contributed by atoms with Gasteiger partial charge in [-0.3, -0.25) is 9.69 Å². The Kier molecular flexibility index (Phi) is 7.37. The molecule has 25 heavy (non-hydrogen) atoms. The maximum Gasteiger partial charge on any atom is 0.251 e. The lowest BCUT2D eigenvalue weighted by atomic mass is 10.1. The van der Waals surface area contributed by atoms with Crippen LogP contribution in [-0.4, -0.2) is 40.4 Å². The van der Waals surface area contributed by atoms with E-state index in [1.54, 1.807) is 18.8 Å². The second-order valence-corrected chi connectivity index (χ2v) is 8.66. The van der Waals surface area contributed by atoms with E-state index in [0.717, 1.165) is 31.7 Å². The van der Waals surface area contributed by atoms with E-state index in [4.69, 9.17) is 12.2 Å². The van der Waals surface area contributed by atoms with E-state index in [0.29, 0.717) is 12.2 Å². The monoisotopic (exact) mass is 394 g/mol. The smallest absolute Gasteiger partial charge is 0.251 e. The minimum Gasteiger partial charge on any atom is -0.355 e. The van der Waals surface area contributed by atoms with Crippen LogP contribution in [0.2, 0.25) is 0 Å². The van der Waals surface area contributed by atoms with Gasteiger partial charge in [-0.1, -0.05) is 47.4 Å². The van der Waals surface area contributed by atoms with E-state index in [2.05, 4.69) is 21.9 Å². The van der Waals surface area contributed by atoms with Gasteiger partial charge in [-0.2, -0.15) is 5.10 Å². The Balaban J connectivity index is 1.95. The van der Waals surface area contributed by atoms with E-state index in [1.807, 2.05) is 42.9 Å². The van der Waals surface area contributed by atoms with Crippen molar-refractivity contribution >= 4 is 41.2 Å². The molecule has 5 nitrogen and oxygen atoms in total. The predicted molar refractivity (Wildman–Crippen MR) is 108 cm³/mol. The van der Waals surface area contributed by atoms with Crippen molar-refractivity contribution in [2.45, 2.75) is 24.5 Å². The highest BCUT2D eigenvalue weighted by Crippen LogP contribution is 2.23. The molecule has 0 unspecified atom stereocenters. The molecule has 0 aliphatic carbocycles. The summed E-state index contributed by atoms with van der Waals surface area (Å²) in [6.07, 6.45) is 0. The first kappa shape index (κ1) is 19.8. The molecular formula is C17H22N4OS3. The summed E-state index contributed by atoms with van der Waals surface area (Å²) in [7, 11) is 3.65. The van der Waals surface area contributed by atoms with Crippen molar-refractivity contribution in [1.82, 2.24) is 20.0 Å². The van der Waals surface area contributed by atoms with Gasteiger partial charge < -0.3 is 5.32 Å². The number of carbonyl (C=O) groups excluding carboxylic acids is 1. The number of hydrogen-bond donors (Lipinski definition) is 1. The number of thioether (sulfide) groups is 1. The van der Waals surface area contributed by atoms with Gasteiger partial charge in [-0.15, -0.1) is 0 Å². The molecule has 0 saturated heterocycles. The van der Waals surface area contributed by atoms with Crippen LogP contribution in [0.15, 0.2) is 40.8 Å². The summed E-state index contributed by atoms with van der Waals surface area (Å²) in [6.45, 7) is 7.29. The van der Waals surface area contributed by atoms with Gasteiger partial charge in [-0.05, 0) is 43.9 Å². The zero-order chi connectivity index (χ0) is 18.4. The molecule has 2 rings (SSSR count). The average molecular weight is 395 g/mol. The first-order valence-electron chi connectivity index (χ1n) is 7.73. The van der Waals surface area contributed by atoms with Crippen molar-refractivity contribution in [3.8, 4) is 0 Å². The quantitative estimate of drug-likeness (QED) is 0.419. The molecule has 0 radical (unpaired) electrons. The normalized spacial score (nSPS) is 10.9. The fourth-order valence-electron chi connectivity index (χ4n) is 2.12. The summed E-state index contributed by atoms with van der Waals surface area (Å²) in [5.74, 6) is 0.781. The van der Waals surface area contributed by atoms with Crippen LogP contribution in [-0.2, 0) is 13.2 Å². The van der Waals surface area contributed by atoms with Gasteiger partial charge in [0.25, 0.3) is 5.91 Å². The van der Waals surface area contributed by atoms with Crippen molar-refractivity contribution in [3.63, 3.8) is 0 Å². The maximum absolute atomic E-state index is 11.6. The Morgan fingerprint density at radius 2 is 2.12 bits per heavy atom. The summed E-state index contributed by atoms with van der Waals surface area (Å²) in [5.41, 5.74) is 2.92. The van der Waals surface area contributed by atoms with Crippen molar-refractivity contribution < 1.29 is 4.79 Å². The largest absolute Gasteiger partial charge is 0.355 e. The van der Waals surface area contributed by atoms with Gasteiger partial charge in [0.2, 0.25) is 0 Å². The number of nitrogens with zero attached hydrogens (tertiary/aromatic N) is 3. The van der Waals surface area contributed by atoms with E-state index in [-0.39, 0.29) is 5.91 Å². The number of hydrogen-bond acceptors (Lipinski definition) is 6. The molecule has 0 bridgehead atoms. The third kappa shape index (κ3) is 6.07. The molecule has 8 heteroatoms. The van der Waals surface area contributed by atoms with Gasteiger partial charge in [0, 0.05) is 24.9 Å². The number of rotatable bonds is 8. The fraction of sp³-hybridized carbons (Fsp3) is 0.353. The number of benzene rings is 1. The number of amides is 1. The van der Waals surface area contributed by atoms with Crippen LogP contribution in [0.1, 0.15) is 22.8 Å². The van der Waals surface area contributed by atoms with E-state index in [9.17, 15) is 4.79 Å². The lowest BCUT2D eigenvalue weighted by molar-refractivity contribution is 0.0963. The number of carbonyl (C=O) groups is 1. The molecule has 1 aromatic heterocycles. The summed E-state index contributed by atoms with van der Waals surface area (Å²) < 4.78 is 3.59. The Hall–Kier alpha value is -1.48. The highest BCUT2D eigenvalue weighted by atomic mass is 32.2. The van der Waals surface area contributed by atoms with E-state index >= 15 is 0 Å². The van der Waals surface area contributed by atoms with Gasteiger partial charge in [-0.25, -0.2) is 4.68 Å². The summed E-state index contributed by atoms with van der Waals surface area (Å²) >= 11 is 8.60. The molecule has 0 fully saturated rings. The Morgan fingerprint density at radius 3 is 2.72 bits per heavy atom. The Labute approximate surface area is 161 Å². The molecule has 0 atom stereocenters. The van der Waals surface area contributed by atoms with Crippen LogP contribution < -0.4 is 5.32 Å². The Bertz CT molecular complexity index is 795. The molecule has 0 spiro atoms. The zero-order valence-corrected chi connectivity index (χ0v) is 17.1. The van der Waals surface area contributed by atoms with Gasteiger partial charge >= 0.3 is 0 Å². The molecular weight excluding hydrogens is 372 g/mol. The highest BCUT2D eigenvalue weighted by molar-refractivity contribution is 8.01. The third-order valence-electron chi connectivity index (χ3n) is 3.30. The van der Waals surface area contributed by atoms with Crippen LogP contribution in [0.5, 0.6) is 0 Å². The lowest BCUT2D eigenvalue weighted by Gasteiger charge is -2.16. The van der Waals surface area contributed by atoms with Crippen molar-refractivity contribution in [2.75, 3.05) is 19.8 Å². The standard InChI is InChI=1S/C17H22N4OS3/c1-12(2)10-24-16-19-21(17(23)25-16)11-20(4)9-13-5-7-14(8-6-13)15(22)18-3/h5-8H,1,9-11H2,2-4H3,(H,18,22). The van der Waals surface area contributed by atoms with Crippen molar-refractivity contribution in [2.24, 2.45) is 0 Å². The fourth-order valence-corrected chi connectivity index (χ4v) is 4.28. The average Bonchev–Trinajstić information content (AvgIpc) is 2.92.